The molecule has 0 aliphatic rings. The van der Waals surface area contributed by atoms with Gasteiger partial charge in [-0.15, -0.1) is 0 Å². The molecule has 0 fully saturated rings. The van der Waals surface area contributed by atoms with Gasteiger partial charge in [-0.2, -0.15) is 0 Å². The van der Waals surface area contributed by atoms with Gasteiger partial charge in [0.05, 0.1) is 0 Å². The van der Waals surface area contributed by atoms with Crippen molar-refractivity contribution in [3.8, 4) is 0 Å². The van der Waals surface area contributed by atoms with Crippen molar-refractivity contribution in [2.75, 3.05) is 26.9 Å². The lowest BCUT2D eigenvalue weighted by atomic mass is 9.91. The Morgan fingerprint density at radius 2 is 1.54 bits per heavy atom. The predicted octanol–water partition coefficient (Wildman–Crippen LogP) is 2.87. The Bertz CT molecular complexity index is 105. The number of ether oxygens (including phenoxy) is 2. The smallest absolute Gasteiger partial charge is 0.0487 e. The molecule has 0 amide bonds. The third kappa shape index (κ3) is 11.9. The van der Waals surface area contributed by atoms with Gasteiger partial charge < -0.3 is 9.47 Å². The van der Waals surface area contributed by atoms with Crippen LogP contribution in [0.15, 0.2) is 0 Å². The molecule has 0 saturated heterocycles. The summed E-state index contributed by atoms with van der Waals surface area (Å²) in [6.07, 6.45) is 3.40. The first-order chi connectivity index (χ1) is 6.06. The summed E-state index contributed by atoms with van der Waals surface area (Å²) >= 11 is 0. The molecule has 0 spiro atoms. The topological polar surface area (TPSA) is 18.5 Å². The van der Waals surface area contributed by atoms with E-state index < -0.39 is 0 Å². The lowest BCUT2D eigenvalue weighted by molar-refractivity contribution is 0.0957. The Labute approximate surface area is 82.6 Å². The Morgan fingerprint density at radius 1 is 0.923 bits per heavy atom. The molecule has 0 aromatic carbocycles. The summed E-state index contributed by atoms with van der Waals surface area (Å²) in [5.74, 6) is 0. The van der Waals surface area contributed by atoms with E-state index in [1.807, 2.05) is 0 Å². The zero-order valence-electron chi connectivity index (χ0n) is 9.56. The highest BCUT2D eigenvalue weighted by molar-refractivity contribution is 4.60. The van der Waals surface area contributed by atoms with Crippen LogP contribution in [0.5, 0.6) is 0 Å². The fourth-order valence-corrected chi connectivity index (χ4v) is 1.11. The van der Waals surface area contributed by atoms with Crippen LogP contribution in [0.3, 0.4) is 0 Å². The Balaban J connectivity index is 3.00. The molecule has 0 unspecified atom stereocenters. The zero-order chi connectivity index (χ0) is 10.2. The maximum absolute atomic E-state index is 5.45. The summed E-state index contributed by atoms with van der Waals surface area (Å²) in [4.78, 5) is 0. The molecule has 0 saturated carbocycles. The summed E-state index contributed by atoms with van der Waals surface area (Å²) in [5.41, 5.74) is 0.440. The predicted molar refractivity (Wildman–Crippen MR) is 56.0 cm³/mol. The first kappa shape index (κ1) is 12.9. The van der Waals surface area contributed by atoms with E-state index >= 15 is 0 Å². The van der Waals surface area contributed by atoms with Crippen LogP contribution >= 0.6 is 0 Å². The highest BCUT2D eigenvalue weighted by Crippen LogP contribution is 2.20. The van der Waals surface area contributed by atoms with Crippen molar-refractivity contribution >= 4 is 0 Å². The average Bonchev–Trinajstić information content (AvgIpc) is 2.01. The van der Waals surface area contributed by atoms with Gasteiger partial charge >= 0.3 is 0 Å². The summed E-state index contributed by atoms with van der Waals surface area (Å²) in [6.45, 7) is 9.31. The van der Waals surface area contributed by atoms with E-state index in [9.17, 15) is 0 Å². The van der Waals surface area contributed by atoms with Crippen LogP contribution in [0.25, 0.3) is 0 Å². The fourth-order valence-electron chi connectivity index (χ4n) is 1.11. The van der Waals surface area contributed by atoms with Gasteiger partial charge in [-0.1, -0.05) is 20.8 Å². The van der Waals surface area contributed by atoms with Crippen molar-refractivity contribution in [3.05, 3.63) is 0 Å². The number of rotatable bonds is 7. The molecule has 0 aromatic heterocycles. The van der Waals surface area contributed by atoms with Gasteiger partial charge in [0.25, 0.3) is 0 Å². The van der Waals surface area contributed by atoms with Gasteiger partial charge in [-0.05, 0) is 24.7 Å². The Morgan fingerprint density at radius 3 is 2.08 bits per heavy atom. The largest absolute Gasteiger partial charge is 0.385 e. The summed E-state index contributed by atoms with van der Waals surface area (Å²) in [6, 6.07) is 0. The van der Waals surface area contributed by atoms with Crippen LogP contribution in [0.1, 0.15) is 40.0 Å². The summed E-state index contributed by atoms with van der Waals surface area (Å²) < 4.78 is 10.4. The van der Waals surface area contributed by atoms with Crippen LogP contribution < -0.4 is 0 Å². The molecule has 0 aliphatic carbocycles. The van der Waals surface area contributed by atoms with E-state index in [2.05, 4.69) is 20.8 Å². The van der Waals surface area contributed by atoms with Crippen LogP contribution in [-0.2, 0) is 9.47 Å². The van der Waals surface area contributed by atoms with Gasteiger partial charge in [-0.3, -0.25) is 0 Å². The highest BCUT2D eigenvalue weighted by atomic mass is 16.5. The zero-order valence-corrected chi connectivity index (χ0v) is 9.56. The van der Waals surface area contributed by atoms with Crippen molar-refractivity contribution in [3.63, 3.8) is 0 Å². The minimum absolute atomic E-state index is 0.440. The van der Waals surface area contributed by atoms with Crippen LogP contribution in [0.4, 0.5) is 0 Å². The Kier molecular flexibility index (Phi) is 7.29. The minimum Gasteiger partial charge on any atom is -0.385 e. The van der Waals surface area contributed by atoms with E-state index in [-0.39, 0.29) is 0 Å². The first-order valence-electron chi connectivity index (χ1n) is 5.13. The second-order valence-corrected chi connectivity index (χ2v) is 4.62. The quantitative estimate of drug-likeness (QED) is 0.572. The van der Waals surface area contributed by atoms with E-state index in [1.54, 1.807) is 7.11 Å². The van der Waals surface area contributed by atoms with Crippen molar-refractivity contribution in [1.82, 2.24) is 0 Å². The molecular weight excluding hydrogens is 164 g/mol. The molecule has 0 atom stereocenters. The standard InChI is InChI=1S/C11H24O2/c1-11(2,3)7-5-9-13-10-6-8-12-4/h5-10H2,1-4H3. The molecule has 2 nitrogen and oxygen atoms in total. The normalized spacial score (nSPS) is 12.0. The molecule has 0 heterocycles. The molecule has 80 valence electrons. The SMILES string of the molecule is COCCCOCCCC(C)(C)C. The van der Waals surface area contributed by atoms with Gasteiger partial charge in [0, 0.05) is 26.9 Å². The second kappa shape index (κ2) is 7.34. The van der Waals surface area contributed by atoms with E-state index in [0.29, 0.717) is 5.41 Å². The molecule has 0 rings (SSSR count). The molecule has 0 radical (unpaired) electrons. The van der Waals surface area contributed by atoms with Crippen LogP contribution in [0, 0.1) is 5.41 Å². The Hall–Kier alpha value is -0.0800. The number of hydrogen-bond acceptors (Lipinski definition) is 2. The molecule has 0 bridgehead atoms. The monoisotopic (exact) mass is 188 g/mol. The third-order valence-electron chi connectivity index (χ3n) is 1.85. The number of methoxy groups -OCH3 is 1. The maximum Gasteiger partial charge on any atom is 0.0487 e. The third-order valence-corrected chi connectivity index (χ3v) is 1.85. The second-order valence-electron chi connectivity index (χ2n) is 4.62. The van der Waals surface area contributed by atoms with Crippen molar-refractivity contribution in [2.24, 2.45) is 5.41 Å². The van der Waals surface area contributed by atoms with Gasteiger partial charge in [0.15, 0.2) is 0 Å². The molecule has 2 heteroatoms. The van der Waals surface area contributed by atoms with E-state index in [0.717, 1.165) is 32.7 Å². The lowest BCUT2D eigenvalue weighted by Gasteiger charge is -2.17. The summed E-state index contributed by atoms with van der Waals surface area (Å²) in [7, 11) is 1.72. The molecular formula is C11H24O2. The average molecular weight is 188 g/mol. The minimum atomic E-state index is 0.440. The van der Waals surface area contributed by atoms with Crippen molar-refractivity contribution in [2.45, 2.75) is 40.0 Å². The molecule has 13 heavy (non-hydrogen) atoms. The lowest BCUT2D eigenvalue weighted by Crippen LogP contribution is -2.07. The van der Waals surface area contributed by atoms with E-state index in [1.165, 1.54) is 6.42 Å². The van der Waals surface area contributed by atoms with Crippen molar-refractivity contribution in [1.29, 1.82) is 0 Å². The van der Waals surface area contributed by atoms with Gasteiger partial charge in [-0.25, -0.2) is 0 Å². The molecule has 0 aromatic rings. The first-order valence-corrected chi connectivity index (χ1v) is 5.13. The molecule has 0 N–H and O–H groups in total. The van der Waals surface area contributed by atoms with Gasteiger partial charge in [0.1, 0.15) is 0 Å². The van der Waals surface area contributed by atoms with E-state index in [4.69, 9.17) is 9.47 Å². The van der Waals surface area contributed by atoms with Crippen LogP contribution in [0.2, 0.25) is 0 Å². The van der Waals surface area contributed by atoms with Crippen molar-refractivity contribution < 1.29 is 9.47 Å². The number of hydrogen-bond donors (Lipinski definition) is 0. The highest BCUT2D eigenvalue weighted by Gasteiger charge is 2.08. The van der Waals surface area contributed by atoms with Gasteiger partial charge in [0.2, 0.25) is 0 Å². The molecule has 0 aliphatic heterocycles. The summed E-state index contributed by atoms with van der Waals surface area (Å²) in [5, 5.41) is 0. The maximum atomic E-state index is 5.45. The van der Waals surface area contributed by atoms with Crippen LogP contribution in [-0.4, -0.2) is 26.9 Å². The fraction of sp³-hybridized carbons (Fsp3) is 1.00.